The lowest BCUT2D eigenvalue weighted by atomic mass is 9.96. The van der Waals surface area contributed by atoms with E-state index in [-0.39, 0.29) is 11.8 Å². The highest BCUT2D eigenvalue weighted by Crippen LogP contribution is 2.23. The molecule has 0 heterocycles. The Bertz CT molecular complexity index is 437. The number of fused-ring (bicyclic) bond motifs is 1. The number of carbonyl (C=O) groups excluding carboxylic acids is 1. The number of carbonyl (C=O) groups is 1. The number of Topliss-reactive ketones (excluding diaryl/α,β-unsaturated/α-hetero) is 1. The summed E-state index contributed by atoms with van der Waals surface area (Å²) in [5.41, 5.74) is 9.94. The molecule has 0 fully saturated rings. The number of hydrogen-bond donors (Lipinski definition) is 1. The standard InChI is InChI=1S/C16H23NO/c1-11(2)8-15(17)16(18)10-12-6-7-13-4-3-5-14(13)9-12/h6-7,9,11,15H,3-5,8,10,17H2,1-2H3. The third-order valence-electron chi connectivity index (χ3n) is 3.68. The van der Waals surface area contributed by atoms with Gasteiger partial charge in [0.15, 0.2) is 5.78 Å². The minimum atomic E-state index is -0.307. The summed E-state index contributed by atoms with van der Waals surface area (Å²) in [7, 11) is 0. The van der Waals surface area contributed by atoms with Crippen LogP contribution >= 0.6 is 0 Å². The van der Waals surface area contributed by atoms with Gasteiger partial charge in [-0.3, -0.25) is 4.79 Å². The van der Waals surface area contributed by atoms with Crippen LogP contribution in [0.25, 0.3) is 0 Å². The van der Waals surface area contributed by atoms with Crippen molar-refractivity contribution in [2.45, 2.75) is 52.0 Å². The minimum absolute atomic E-state index is 0.168. The number of ketones is 1. The fourth-order valence-electron chi connectivity index (χ4n) is 2.71. The molecule has 0 radical (unpaired) electrons. The molecule has 98 valence electrons. The highest BCUT2D eigenvalue weighted by Gasteiger charge is 2.17. The maximum absolute atomic E-state index is 12.0. The van der Waals surface area contributed by atoms with Crippen LogP contribution in [-0.4, -0.2) is 11.8 Å². The van der Waals surface area contributed by atoms with Gasteiger partial charge in [0.2, 0.25) is 0 Å². The first-order valence-corrected chi connectivity index (χ1v) is 6.95. The Morgan fingerprint density at radius 3 is 2.72 bits per heavy atom. The monoisotopic (exact) mass is 245 g/mol. The molecule has 0 saturated heterocycles. The maximum atomic E-state index is 12.0. The van der Waals surface area contributed by atoms with Crippen molar-refractivity contribution < 1.29 is 4.79 Å². The van der Waals surface area contributed by atoms with Gasteiger partial charge in [0.25, 0.3) is 0 Å². The van der Waals surface area contributed by atoms with Crippen molar-refractivity contribution in [2.24, 2.45) is 11.7 Å². The Hall–Kier alpha value is -1.15. The van der Waals surface area contributed by atoms with Crippen molar-refractivity contribution in [3.63, 3.8) is 0 Å². The molecule has 0 aliphatic heterocycles. The molecule has 0 saturated carbocycles. The van der Waals surface area contributed by atoms with E-state index in [0.717, 1.165) is 18.4 Å². The maximum Gasteiger partial charge on any atom is 0.153 e. The highest BCUT2D eigenvalue weighted by atomic mass is 16.1. The molecule has 0 bridgehead atoms. The predicted molar refractivity (Wildman–Crippen MR) is 74.6 cm³/mol. The molecule has 1 aromatic rings. The van der Waals surface area contributed by atoms with Gasteiger partial charge in [-0.2, -0.15) is 0 Å². The zero-order valence-electron chi connectivity index (χ0n) is 11.4. The van der Waals surface area contributed by atoms with Crippen LogP contribution in [0.1, 0.15) is 43.4 Å². The fraction of sp³-hybridized carbons (Fsp3) is 0.562. The molecule has 0 spiro atoms. The lowest BCUT2D eigenvalue weighted by Gasteiger charge is -2.13. The zero-order chi connectivity index (χ0) is 13.1. The second kappa shape index (κ2) is 5.66. The second-order valence-electron chi connectivity index (χ2n) is 5.84. The van der Waals surface area contributed by atoms with E-state index in [4.69, 9.17) is 5.73 Å². The van der Waals surface area contributed by atoms with Gasteiger partial charge in [0.05, 0.1) is 6.04 Å². The summed E-state index contributed by atoms with van der Waals surface area (Å²) >= 11 is 0. The summed E-state index contributed by atoms with van der Waals surface area (Å²) in [5.74, 6) is 0.644. The Morgan fingerprint density at radius 2 is 2.00 bits per heavy atom. The average Bonchev–Trinajstić information content (AvgIpc) is 2.75. The molecule has 1 atom stereocenters. The van der Waals surface area contributed by atoms with Gasteiger partial charge in [-0.25, -0.2) is 0 Å². The van der Waals surface area contributed by atoms with Crippen molar-refractivity contribution >= 4 is 5.78 Å². The summed E-state index contributed by atoms with van der Waals surface area (Å²) in [6.45, 7) is 4.20. The van der Waals surface area contributed by atoms with Gasteiger partial charge < -0.3 is 5.73 Å². The average molecular weight is 245 g/mol. The third kappa shape index (κ3) is 3.20. The van der Waals surface area contributed by atoms with E-state index in [1.807, 2.05) is 0 Å². The van der Waals surface area contributed by atoms with Crippen molar-refractivity contribution in [3.8, 4) is 0 Å². The lowest BCUT2D eigenvalue weighted by Crippen LogP contribution is -2.33. The quantitative estimate of drug-likeness (QED) is 0.866. The summed E-state index contributed by atoms with van der Waals surface area (Å²) in [6, 6.07) is 6.16. The molecule has 18 heavy (non-hydrogen) atoms. The molecule has 2 rings (SSSR count). The third-order valence-corrected chi connectivity index (χ3v) is 3.68. The van der Waals surface area contributed by atoms with Gasteiger partial charge in [-0.1, -0.05) is 32.0 Å². The highest BCUT2D eigenvalue weighted by molar-refractivity contribution is 5.85. The van der Waals surface area contributed by atoms with Crippen molar-refractivity contribution in [2.75, 3.05) is 0 Å². The van der Waals surface area contributed by atoms with E-state index in [0.29, 0.717) is 12.3 Å². The number of hydrogen-bond acceptors (Lipinski definition) is 2. The Morgan fingerprint density at radius 1 is 1.28 bits per heavy atom. The molecular weight excluding hydrogens is 222 g/mol. The van der Waals surface area contributed by atoms with Crippen LogP contribution in [-0.2, 0) is 24.1 Å². The van der Waals surface area contributed by atoms with Crippen molar-refractivity contribution in [1.29, 1.82) is 0 Å². The molecule has 1 aromatic carbocycles. The van der Waals surface area contributed by atoms with Crippen LogP contribution < -0.4 is 5.73 Å². The van der Waals surface area contributed by atoms with E-state index < -0.39 is 0 Å². The second-order valence-corrected chi connectivity index (χ2v) is 5.84. The van der Waals surface area contributed by atoms with Crippen LogP contribution in [0.15, 0.2) is 18.2 Å². The first-order chi connectivity index (χ1) is 8.56. The van der Waals surface area contributed by atoms with Crippen LogP contribution in [0.4, 0.5) is 0 Å². The Kier molecular flexibility index (Phi) is 4.18. The Balaban J connectivity index is 1.99. The van der Waals surface area contributed by atoms with Gasteiger partial charge in [-0.15, -0.1) is 0 Å². The van der Waals surface area contributed by atoms with Gasteiger partial charge >= 0.3 is 0 Å². The molecule has 0 aromatic heterocycles. The molecule has 1 aliphatic rings. The Labute approximate surface area is 110 Å². The molecule has 2 N–H and O–H groups in total. The van der Waals surface area contributed by atoms with Crippen LogP contribution in [0.5, 0.6) is 0 Å². The van der Waals surface area contributed by atoms with Gasteiger partial charge in [0, 0.05) is 6.42 Å². The number of aryl methyl sites for hydroxylation is 2. The van der Waals surface area contributed by atoms with E-state index in [9.17, 15) is 4.79 Å². The van der Waals surface area contributed by atoms with E-state index in [2.05, 4.69) is 32.0 Å². The summed E-state index contributed by atoms with van der Waals surface area (Å²) in [6.07, 6.45) is 4.87. The first kappa shape index (κ1) is 13.3. The summed E-state index contributed by atoms with van der Waals surface area (Å²) in [4.78, 5) is 12.0. The van der Waals surface area contributed by atoms with Crippen LogP contribution in [0, 0.1) is 5.92 Å². The largest absolute Gasteiger partial charge is 0.321 e. The van der Waals surface area contributed by atoms with Gasteiger partial charge in [-0.05, 0) is 48.3 Å². The number of benzene rings is 1. The smallest absolute Gasteiger partial charge is 0.153 e. The van der Waals surface area contributed by atoms with Crippen molar-refractivity contribution in [3.05, 3.63) is 34.9 Å². The topological polar surface area (TPSA) is 43.1 Å². The van der Waals surface area contributed by atoms with Gasteiger partial charge in [0.1, 0.15) is 0 Å². The van der Waals surface area contributed by atoms with Crippen LogP contribution in [0.2, 0.25) is 0 Å². The predicted octanol–water partition coefficient (Wildman–Crippen LogP) is 2.66. The minimum Gasteiger partial charge on any atom is -0.321 e. The zero-order valence-corrected chi connectivity index (χ0v) is 11.4. The summed E-state index contributed by atoms with van der Waals surface area (Å²) in [5, 5.41) is 0. The lowest BCUT2D eigenvalue weighted by molar-refractivity contribution is -0.120. The normalized spacial score (nSPS) is 15.8. The van der Waals surface area contributed by atoms with E-state index in [1.165, 1.54) is 24.0 Å². The fourth-order valence-corrected chi connectivity index (χ4v) is 2.71. The molecule has 1 unspecified atom stereocenters. The van der Waals surface area contributed by atoms with Crippen LogP contribution in [0.3, 0.4) is 0 Å². The summed E-state index contributed by atoms with van der Waals surface area (Å²) < 4.78 is 0. The van der Waals surface area contributed by atoms with E-state index in [1.54, 1.807) is 0 Å². The number of nitrogens with two attached hydrogens (primary N) is 1. The molecular formula is C16H23NO. The number of rotatable bonds is 5. The SMILES string of the molecule is CC(C)CC(N)C(=O)Cc1ccc2c(c1)CCC2. The van der Waals surface area contributed by atoms with E-state index >= 15 is 0 Å². The molecule has 1 aliphatic carbocycles. The first-order valence-electron chi connectivity index (χ1n) is 6.95. The molecule has 2 nitrogen and oxygen atoms in total. The molecule has 0 amide bonds. The van der Waals surface area contributed by atoms with Crippen molar-refractivity contribution in [1.82, 2.24) is 0 Å². The molecule has 2 heteroatoms.